The minimum atomic E-state index is -4.95. The average molecular weight is 385 g/mol. The molecular weight excluding hydrogens is 359 g/mol. The molecule has 1 N–H and O–H groups in total. The lowest BCUT2D eigenvalue weighted by Crippen LogP contribution is -2.37. The van der Waals surface area contributed by atoms with Crippen LogP contribution in [-0.4, -0.2) is 24.7 Å². The molecular formula is C20H26F3NO3. The van der Waals surface area contributed by atoms with Gasteiger partial charge in [0.2, 0.25) is 0 Å². The van der Waals surface area contributed by atoms with Crippen LogP contribution in [0.4, 0.5) is 13.2 Å². The van der Waals surface area contributed by atoms with Gasteiger partial charge in [-0.1, -0.05) is 45.6 Å². The van der Waals surface area contributed by atoms with Crippen LogP contribution in [0.3, 0.4) is 0 Å². The molecule has 150 valence electrons. The summed E-state index contributed by atoms with van der Waals surface area (Å²) in [6.07, 6.45) is 0.0895. The standard InChI is InChI=1S/C20H26F3NO3/c1-5-11-27-17(25)13-19(3,4)10-6-7-15-9-8-14(2)12-16(15)24-18(26)20(21,22)23/h8-9,14H,5,10-13H2,1-4H3,(H,24,26). The molecule has 0 aliphatic heterocycles. The second-order valence-corrected chi connectivity index (χ2v) is 7.42. The highest BCUT2D eigenvalue weighted by Gasteiger charge is 2.39. The molecule has 1 aliphatic rings. The lowest BCUT2D eigenvalue weighted by atomic mass is 9.86. The zero-order valence-electron chi connectivity index (χ0n) is 16.1. The van der Waals surface area contributed by atoms with Crippen molar-refractivity contribution < 1.29 is 27.5 Å². The van der Waals surface area contributed by atoms with Gasteiger partial charge in [0.05, 0.1) is 13.0 Å². The normalized spacial score (nSPS) is 17.2. The number of allylic oxidation sites excluding steroid dienone is 4. The molecule has 1 amide bonds. The van der Waals surface area contributed by atoms with E-state index in [0.717, 1.165) is 6.42 Å². The van der Waals surface area contributed by atoms with E-state index in [1.54, 1.807) is 6.08 Å². The Morgan fingerprint density at radius 3 is 2.59 bits per heavy atom. The van der Waals surface area contributed by atoms with Crippen LogP contribution in [-0.2, 0) is 14.3 Å². The summed E-state index contributed by atoms with van der Waals surface area (Å²) in [6.45, 7) is 7.86. The van der Waals surface area contributed by atoms with Gasteiger partial charge in [0.1, 0.15) is 0 Å². The van der Waals surface area contributed by atoms with E-state index in [4.69, 9.17) is 4.74 Å². The summed E-state index contributed by atoms with van der Waals surface area (Å²) in [5.41, 5.74) is 0.0921. The van der Waals surface area contributed by atoms with E-state index in [-0.39, 0.29) is 30.4 Å². The van der Waals surface area contributed by atoms with Crippen LogP contribution < -0.4 is 5.32 Å². The predicted molar refractivity (Wildman–Crippen MR) is 96.2 cm³/mol. The van der Waals surface area contributed by atoms with E-state index < -0.39 is 17.5 Å². The second-order valence-electron chi connectivity index (χ2n) is 7.42. The fraction of sp³-hybridized carbons (Fsp3) is 0.600. The summed E-state index contributed by atoms with van der Waals surface area (Å²) < 4.78 is 42.6. The third-order valence-corrected chi connectivity index (χ3v) is 3.84. The minimum Gasteiger partial charge on any atom is -0.466 e. The number of rotatable bonds is 6. The van der Waals surface area contributed by atoms with Gasteiger partial charge in [-0.2, -0.15) is 13.2 Å². The number of alkyl halides is 3. The number of hydrogen-bond donors (Lipinski definition) is 1. The molecule has 0 radical (unpaired) electrons. The first kappa shape index (κ1) is 22.8. The van der Waals surface area contributed by atoms with Gasteiger partial charge in [-0.3, -0.25) is 9.59 Å². The van der Waals surface area contributed by atoms with Crippen LogP contribution in [0.15, 0.2) is 23.4 Å². The molecule has 0 aromatic carbocycles. The van der Waals surface area contributed by atoms with Gasteiger partial charge < -0.3 is 10.1 Å². The number of ether oxygens (including phenoxy) is 1. The second kappa shape index (κ2) is 9.63. The summed E-state index contributed by atoms with van der Waals surface area (Å²) in [5, 5.41) is 1.93. The Balaban J connectivity index is 2.84. The minimum absolute atomic E-state index is 0.00357. The number of carbonyl (C=O) groups excluding carboxylic acids is 2. The third kappa shape index (κ3) is 8.33. The van der Waals surface area contributed by atoms with Crippen molar-refractivity contribution in [3.05, 3.63) is 23.4 Å². The van der Waals surface area contributed by atoms with Gasteiger partial charge in [-0.15, -0.1) is 0 Å². The molecule has 7 heteroatoms. The van der Waals surface area contributed by atoms with Crippen molar-refractivity contribution in [1.82, 2.24) is 5.32 Å². The maximum atomic E-state index is 12.5. The zero-order chi connectivity index (χ0) is 20.7. The third-order valence-electron chi connectivity index (χ3n) is 3.84. The monoisotopic (exact) mass is 385 g/mol. The van der Waals surface area contributed by atoms with Crippen molar-refractivity contribution in [3.63, 3.8) is 0 Å². The predicted octanol–water partition coefficient (Wildman–Crippen LogP) is 4.28. The van der Waals surface area contributed by atoms with E-state index in [2.05, 4.69) is 11.8 Å². The molecule has 0 bridgehead atoms. The van der Waals surface area contributed by atoms with E-state index >= 15 is 0 Å². The molecule has 0 spiro atoms. The molecule has 4 nitrogen and oxygen atoms in total. The Kier molecular flexibility index (Phi) is 8.14. The molecule has 0 saturated carbocycles. The summed E-state index contributed by atoms with van der Waals surface area (Å²) in [7, 11) is 0. The van der Waals surface area contributed by atoms with E-state index in [9.17, 15) is 22.8 Å². The van der Waals surface area contributed by atoms with E-state index in [0.29, 0.717) is 18.6 Å². The SMILES string of the molecule is CCCOC(=O)CC(C)(C)CC#CC1=C(NC(=O)C(F)(F)F)CC(C)C=C1. The smallest absolute Gasteiger partial charge is 0.466 e. The Morgan fingerprint density at radius 1 is 1.33 bits per heavy atom. The van der Waals surface area contributed by atoms with Crippen molar-refractivity contribution in [2.45, 2.75) is 59.6 Å². The average Bonchev–Trinajstić information content (AvgIpc) is 2.53. The van der Waals surface area contributed by atoms with Gasteiger partial charge in [-0.05, 0) is 30.3 Å². The number of halogens is 3. The van der Waals surface area contributed by atoms with Gasteiger partial charge in [0, 0.05) is 17.7 Å². The van der Waals surface area contributed by atoms with Crippen LogP contribution in [0.5, 0.6) is 0 Å². The summed E-state index contributed by atoms with van der Waals surface area (Å²) >= 11 is 0. The van der Waals surface area contributed by atoms with Gasteiger partial charge in [0.15, 0.2) is 0 Å². The summed E-state index contributed by atoms with van der Waals surface area (Å²) in [6, 6.07) is 0. The molecule has 27 heavy (non-hydrogen) atoms. The topological polar surface area (TPSA) is 55.4 Å². The van der Waals surface area contributed by atoms with Crippen LogP contribution >= 0.6 is 0 Å². The van der Waals surface area contributed by atoms with Crippen molar-refractivity contribution in [3.8, 4) is 11.8 Å². The van der Waals surface area contributed by atoms with Crippen molar-refractivity contribution in [2.75, 3.05) is 6.61 Å². The zero-order valence-corrected chi connectivity index (χ0v) is 16.1. The Labute approximate surface area is 158 Å². The highest BCUT2D eigenvalue weighted by atomic mass is 19.4. The molecule has 1 rings (SSSR count). The number of esters is 1. The first-order valence-corrected chi connectivity index (χ1v) is 8.88. The molecule has 0 heterocycles. The maximum Gasteiger partial charge on any atom is 0.471 e. The van der Waals surface area contributed by atoms with Crippen LogP contribution in [0.25, 0.3) is 0 Å². The molecule has 1 unspecified atom stereocenters. The Hall–Kier alpha value is -2.23. The number of carbonyl (C=O) groups is 2. The maximum absolute atomic E-state index is 12.5. The molecule has 0 aromatic heterocycles. The lowest BCUT2D eigenvalue weighted by molar-refractivity contribution is -0.172. The Bertz CT molecular complexity index is 679. The Morgan fingerprint density at radius 2 is 2.00 bits per heavy atom. The molecule has 0 fully saturated rings. The fourth-order valence-corrected chi connectivity index (χ4v) is 2.40. The van der Waals surface area contributed by atoms with Crippen LogP contribution in [0.1, 0.15) is 53.4 Å². The van der Waals surface area contributed by atoms with Crippen LogP contribution in [0, 0.1) is 23.2 Å². The first-order valence-electron chi connectivity index (χ1n) is 8.88. The van der Waals surface area contributed by atoms with Gasteiger partial charge in [-0.25, -0.2) is 0 Å². The van der Waals surface area contributed by atoms with Crippen molar-refractivity contribution >= 4 is 11.9 Å². The largest absolute Gasteiger partial charge is 0.471 e. The molecule has 1 atom stereocenters. The van der Waals surface area contributed by atoms with Gasteiger partial charge >= 0.3 is 18.1 Å². The molecule has 1 aliphatic carbocycles. The fourth-order valence-electron chi connectivity index (χ4n) is 2.40. The number of amides is 1. The summed E-state index contributed by atoms with van der Waals surface area (Å²) in [4.78, 5) is 23.0. The number of nitrogens with one attached hydrogen (secondary N) is 1. The summed E-state index contributed by atoms with van der Waals surface area (Å²) in [5.74, 6) is 3.45. The van der Waals surface area contributed by atoms with E-state index in [1.165, 1.54) is 0 Å². The van der Waals surface area contributed by atoms with Crippen molar-refractivity contribution in [2.24, 2.45) is 11.3 Å². The molecule has 0 saturated heterocycles. The highest BCUT2D eigenvalue weighted by Crippen LogP contribution is 2.26. The highest BCUT2D eigenvalue weighted by molar-refractivity contribution is 5.83. The van der Waals surface area contributed by atoms with Crippen molar-refractivity contribution in [1.29, 1.82) is 0 Å². The quantitative estimate of drug-likeness (QED) is 0.549. The van der Waals surface area contributed by atoms with Crippen LogP contribution in [0.2, 0.25) is 0 Å². The number of hydrogen-bond acceptors (Lipinski definition) is 3. The lowest BCUT2D eigenvalue weighted by Gasteiger charge is -2.21. The van der Waals surface area contributed by atoms with E-state index in [1.807, 2.05) is 39.1 Å². The molecule has 0 aromatic rings. The first-order chi connectivity index (χ1) is 12.4. The van der Waals surface area contributed by atoms with Gasteiger partial charge in [0.25, 0.3) is 0 Å².